The van der Waals surface area contributed by atoms with E-state index in [9.17, 15) is 19.5 Å². The first kappa shape index (κ1) is 18.9. The minimum atomic E-state index is -0.793. The molecule has 0 bridgehead atoms. The molecule has 0 unspecified atom stereocenters. The predicted molar refractivity (Wildman–Crippen MR) is 90.4 cm³/mol. The predicted octanol–water partition coefficient (Wildman–Crippen LogP) is 1.80. The van der Waals surface area contributed by atoms with Crippen LogP contribution in [0.4, 0.5) is 0 Å². The van der Waals surface area contributed by atoms with Crippen molar-refractivity contribution in [2.45, 2.75) is 38.4 Å². The molecule has 6 heteroatoms. The number of aldehydes is 1. The Bertz CT molecular complexity index is 669. The first-order chi connectivity index (χ1) is 11.9. The number of hydrogen-bond donors (Lipinski definition) is 1. The highest BCUT2D eigenvalue weighted by Crippen LogP contribution is 2.36. The molecule has 0 aromatic rings. The zero-order valence-electron chi connectivity index (χ0n) is 14.2. The van der Waals surface area contributed by atoms with Crippen LogP contribution in [0.25, 0.3) is 0 Å². The Morgan fingerprint density at radius 1 is 1.52 bits per heavy atom. The smallest absolute Gasteiger partial charge is 0.334 e. The maximum atomic E-state index is 12.0. The molecule has 1 heterocycles. The number of carbonyl (C=O) groups is 3. The van der Waals surface area contributed by atoms with Crippen LogP contribution in [0.3, 0.4) is 0 Å². The average molecular weight is 346 g/mol. The summed E-state index contributed by atoms with van der Waals surface area (Å²) in [6.45, 7) is 8.65. The van der Waals surface area contributed by atoms with Crippen LogP contribution < -0.4 is 0 Å². The molecule has 0 amide bonds. The van der Waals surface area contributed by atoms with Crippen LogP contribution in [-0.2, 0) is 23.9 Å². The van der Waals surface area contributed by atoms with E-state index in [4.69, 9.17) is 9.47 Å². The van der Waals surface area contributed by atoms with Crippen molar-refractivity contribution in [3.8, 4) is 0 Å². The zero-order chi connectivity index (χ0) is 18.6. The van der Waals surface area contributed by atoms with E-state index in [1.807, 2.05) is 0 Å². The number of aliphatic hydroxyl groups is 1. The summed E-state index contributed by atoms with van der Waals surface area (Å²) in [6, 6.07) is 0. The van der Waals surface area contributed by atoms with Gasteiger partial charge in [0.15, 0.2) is 0 Å². The van der Waals surface area contributed by atoms with Crippen LogP contribution in [0.5, 0.6) is 0 Å². The van der Waals surface area contributed by atoms with Gasteiger partial charge in [0, 0.05) is 17.6 Å². The van der Waals surface area contributed by atoms with Crippen molar-refractivity contribution in [3.63, 3.8) is 0 Å². The normalized spacial score (nSPS) is 30.9. The Balaban J connectivity index is 2.45. The summed E-state index contributed by atoms with van der Waals surface area (Å²) in [5.41, 5.74) is 1.55. The Hall–Kier alpha value is -2.47. The Labute approximate surface area is 146 Å². The first-order valence-corrected chi connectivity index (χ1v) is 8.08. The summed E-state index contributed by atoms with van der Waals surface area (Å²) in [5.74, 6) is -1.81. The minimum absolute atomic E-state index is 0.154. The molecule has 1 aliphatic heterocycles. The highest BCUT2D eigenvalue weighted by atomic mass is 16.6. The molecule has 2 rings (SSSR count). The number of ether oxygens (including phenoxy) is 2. The second-order valence-electron chi connectivity index (χ2n) is 6.27. The molecule has 0 aromatic heterocycles. The van der Waals surface area contributed by atoms with E-state index in [1.54, 1.807) is 12.2 Å². The van der Waals surface area contributed by atoms with Gasteiger partial charge in [-0.1, -0.05) is 19.2 Å². The summed E-state index contributed by atoms with van der Waals surface area (Å²) >= 11 is 0. The van der Waals surface area contributed by atoms with E-state index in [1.165, 1.54) is 6.92 Å². The molecule has 134 valence electrons. The zero-order valence-corrected chi connectivity index (χ0v) is 14.2. The molecule has 25 heavy (non-hydrogen) atoms. The standard InChI is InChI=1S/C19H22O6/c1-11(2)18(22)24-15-7-13(9-20)5-4-6-14(10-21)8-16-17(15)12(3)19(23)25-16/h5,8-9,15-17,21H,1,3-4,6-7,10H2,2H3/b13-5-,14-8-/t15-,16+,17+/m0/s1. The molecular formula is C19H22O6. The molecule has 0 radical (unpaired) electrons. The monoisotopic (exact) mass is 346 g/mol. The second kappa shape index (κ2) is 8.07. The van der Waals surface area contributed by atoms with Crippen molar-refractivity contribution in [1.29, 1.82) is 0 Å². The van der Waals surface area contributed by atoms with E-state index >= 15 is 0 Å². The molecular weight excluding hydrogens is 324 g/mol. The van der Waals surface area contributed by atoms with E-state index in [2.05, 4.69) is 13.2 Å². The highest BCUT2D eigenvalue weighted by molar-refractivity contribution is 5.92. The summed E-state index contributed by atoms with van der Waals surface area (Å²) in [5, 5.41) is 9.51. The molecule has 0 aromatic carbocycles. The molecule has 1 fully saturated rings. The van der Waals surface area contributed by atoms with E-state index in [0.29, 0.717) is 30.3 Å². The molecule has 2 aliphatic rings. The maximum absolute atomic E-state index is 12.0. The lowest BCUT2D eigenvalue weighted by molar-refractivity contribution is -0.147. The fraction of sp³-hybridized carbons (Fsp3) is 0.421. The number of esters is 2. The molecule has 1 N–H and O–H groups in total. The van der Waals surface area contributed by atoms with Gasteiger partial charge in [-0.2, -0.15) is 0 Å². The van der Waals surface area contributed by atoms with E-state index < -0.39 is 30.1 Å². The van der Waals surface area contributed by atoms with Gasteiger partial charge in [0.2, 0.25) is 0 Å². The Morgan fingerprint density at radius 2 is 2.24 bits per heavy atom. The van der Waals surface area contributed by atoms with Gasteiger partial charge in [-0.15, -0.1) is 0 Å². The number of allylic oxidation sites excluding steroid dienone is 1. The average Bonchev–Trinajstić information content (AvgIpc) is 2.85. The molecule has 1 saturated heterocycles. The molecule has 6 nitrogen and oxygen atoms in total. The van der Waals surface area contributed by atoms with Crippen molar-refractivity contribution in [3.05, 3.63) is 47.6 Å². The van der Waals surface area contributed by atoms with E-state index in [0.717, 1.165) is 0 Å². The van der Waals surface area contributed by atoms with Crippen molar-refractivity contribution in [1.82, 2.24) is 0 Å². The number of hydrogen-bond acceptors (Lipinski definition) is 6. The van der Waals surface area contributed by atoms with Gasteiger partial charge < -0.3 is 14.6 Å². The minimum Gasteiger partial charge on any atom is -0.458 e. The van der Waals surface area contributed by atoms with Crippen LogP contribution in [0.15, 0.2) is 47.6 Å². The third-order valence-electron chi connectivity index (χ3n) is 4.33. The van der Waals surface area contributed by atoms with Gasteiger partial charge >= 0.3 is 11.9 Å². The van der Waals surface area contributed by atoms with Gasteiger partial charge in [0.25, 0.3) is 0 Å². The molecule has 3 atom stereocenters. The third-order valence-corrected chi connectivity index (χ3v) is 4.33. The Kier molecular flexibility index (Phi) is 6.09. The van der Waals surface area contributed by atoms with Crippen LogP contribution in [0, 0.1) is 5.92 Å². The molecule has 1 aliphatic carbocycles. The summed E-state index contributed by atoms with van der Waals surface area (Å²) in [6.07, 6.45) is 3.89. The lowest BCUT2D eigenvalue weighted by atomic mass is 9.85. The summed E-state index contributed by atoms with van der Waals surface area (Å²) in [4.78, 5) is 35.4. The topological polar surface area (TPSA) is 89.9 Å². The van der Waals surface area contributed by atoms with Crippen LogP contribution in [-0.4, -0.2) is 42.1 Å². The number of carbonyl (C=O) groups excluding carboxylic acids is 3. The fourth-order valence-corrected chi connectivity index (χ4v) is 2.96. The molecule has 0 spiro atoms. The molecule has 0 saturated carbocycles. The lowest BCUT2D eigenvalue weighted by Gasteiger charge is -2.27. The van der Waals surface area contributed by atoms with Gasteiger partial charge in [-0.05, 0) is 37.0 Å². The van der Waals surface area contributed by atoms with Crippen molar-refractivity contribution in [2.75, 3.05) is 6.61 Å². The van der Waals surface area contributed by atoms with Crippen molar-refractivity contribution in [2.24, 2.45) is 5.92 Å². The van der Waals surface area contributed by atoms with E-state index in [-0.39, 0.29) is 24.2 Å². The summed E-state index contributed by atoms with van der Waals surface area (Å²) in [7, 11) is 0. The highest BCUT2D eigenvalue weighted by Gasteiger charge is 2.44. The van der Waals surface area contributed by atoms with Crippen LogP contribution in [0.1, 0.15) is 26.2 Å². The van der Waals surface area contributed by atoms with Gasteiger partial charge in [0.05, 0.1) is 12.5 Å². The first-order valence-electron chi connectivity index (χ1n) is 8.08. The number of fused-ring (bicyclic) bond motifs is 1. The quantitative estimate of drug-likeness (QED) is 0.361. The fourth-order valence-electron chi connectivity index (χ4n) is 2.96. The van der Waals surface area contributed by atoms with Crippen molar-refractivity contribution < 1.29 is 29.0 Å². The number of rotatable bonds is 4. The van der Waals surface area contributed by atoms with Gasteiger partial charge in [-0.25, -0.2) is 9.59 Å². The maximum Gasteiger partial charge on any atom is 0.334 e. The third kappa shape index (κ3) is 4.33. The van der Waals surface area contributed by atoms with Gasteiger partial charge in [-0.3, -0.25) is 4.79 Å². The summed E-state index contributed by atoms with van der Waals surface area (Å²) < 4.78 is 10.8. The van der Waals surface area contributed by atoms with Crippen LogP contribution >= 0.6 is 0 Å². The van der Waals surface area contributed by atoms with Crippen molar-refractivity contribution >= 4 is 18.2 Å². The van der Waals surface area contributed by atoms with Crippen LogP contribution in [0.2, 0.25) is 0 Å². The number of aliphatic hydroxyl groups excluding tert-OH is 1. The lowest BCUT2D eigenvalue weighted by Crippen LogP contribution is -2.34. The SMILES string of the molecule is C=C(C)C(=O)O[C@H]1C/C(C=O)=C/CC/C(CO)=C/[C@H]2OC(=O)C(=C)[C@H]12. The Morgan fingerprint density at radius 3 is 2.84 bits per heavy atom. The second-order valence-corrected chi connectivity index (χ2v) is 6.27. The largest absolute Gasteiger partial charge is 0.458 e. The van der Waals surface area contributed by atoms with Gasteiger partial charge in [0.1, 0.15) is 18.5 Å².